The molecule has 12 heavy (non-hydrogen) atoms. The molecule has 1 aromatic carbocycles. The fraction of sp³-hybridized carbons (Fsp3) is 0.333. The second kappa shape index (κ2) is 3.78. The number of benzene rings is 1. The van der Waals surface area contributed by atoms with Gasteiger partial charge in [-0.1, -0.05) is 17.7 Å². The molecule has 3 heteroatoms. The van der Waals surface area contributed by atoms with Gasteiger partial charge in [-0.25, -0.2) is 0 Å². The van der Waals surface area contributed by atoms with Crippen molar-refractivity contribution in [2.75, 3.05) is 6.54 Å². The molecule has 0 atom stereocenters. The van der Waals surface area contributed by atoms with Gasteiger partial charge in [0.25, 0.3) is 0 Å². The van der Waals surface area contributed by atoms with Crippen LogP contribution in [-0.4, -0.2) is 11.7 Å². The van der Waals surface area contributed by atoms with Crippen molar-refractivity contribution in [3.05, 3.63) is 28.3 Å². The molecule has 0 radical (unpaired) electrons. The summed E-state index contributed by atoms with van der Waals surface area (Å²) in [5.41, 5.74) is 7.10. The first kappa shape index (κ1) is 9.36. The van der Waals surface area contributed by atoms with E-state index in [0.717, 1.165) is 11.1 Å². The molecule has 0 heterocycles. The van der Waals surface area contributed by atoms with Crippen molar-refractivity contribution >= 4 is 11.6 Å². The molecular weight excluding hydrogens is 174 g/mol. The average Bonchev–Trinajstić information content (AvgIpc) is 2.06. The van der Waals surface area contributed by atoms with Gasteiger partial charge in [0.1, 0.15) is 5.75 Å². The van der Waals surface area contributed by atoms with Gasteiger partial charge in [0.05, 0.1) is 5.02 Å². The van der Waals surface area contributed by atoms with Crippen LogP contribution in [-0.2, 0) is 6.42 Å². The summed E-state index contributed by atoms with van der Waals surface area (Å²) in [7, 11) is 0. The van der Waals surface area contributed by atoms with Crippen LogP contribution in [0.15, 0.2) is 12.1 Å². The number of halogens is 1. The summed E-state index contributed by atoms with van der Waals surface area (Å²) in [6.07, 6.45) is 0.617. The van der Waals surface area contributed by atoms with E-state index >= 15 is 0 Å². The Labute approximate surface area is 77.0 Å². The number of hydrogen-bond acceptors (Lipinski definition) is 2. The lowest BCUT2D eigenvalue weighted by Gasteiger charge is -2.07. The Balaban J connectivity index is 3.14. The van der Waals surface area contributed by atoms with Gasteiger partial charge in [-0.2, -0.15) is 0 Å². The maximum Gasteiger partial charge on any atom is 0.120 e. The van der Waals surface area contributed by atoms with Crippen LogP contribution in [0.4, 0.5) is 0 Å². The molecule has 3 N–H and O–H groups in total. The Morgan fingerprint density at radius 1 is 1.50 bits per heavy atom. The van der Waals surface area contributed by atoms with Crippen molar-refractivity contribution in [1.82, 2.24) is 0 Å². The van der Waals surface area contributed by atoms with E-state index in [1.165, 1.54) is 0 Å². The van der Waals surface area contributed by atoms with Crippen molar-refractivity contribution in [3.8, 4) is 5.75 Å². The minimum absolute atomic E-state index is 0.232. The Hall–Kier alpha value is -0.730. The van der Waals surface area contributed by atoms with Gasteiger partial charge in [-0.3, -0.25) is 0 Å². The van der Waals surface area contributed by atoms with E-state index in [1.54, 1.807) is 12.1 Å². The highest BCUT2D eigenvalue weighted by Gasteiger charge is 2.07. The standard InChI is InChI=1S/C9H12ClNO/c1-6-2-3-8(12)7(4-5-11)9(6)10/h2-3,12H,4-5,11H2,1H3. The quantitative estimate of drug-likeness (QED) is 0.739. The number of hydrogen-bond donors (Lipinski definition) is 2. The van der Waals surface area contributed by atoms with Crippen LogP contribution in [0, 0.1) is 6.92 Å². The first-order chi connectivity index (χ1) is 5.66. The first-order valence-corrected chi connectivity index (χ1v) is 4.21. The number of phenols is 1. The molecule has 0 aliphatic heterocycles. The van der Waals surface area contributed by atoms with Gasteiger partial charge in [0, 0.05) is 5.56 Å². The first-order valence-electron chi connectivity index (χ1n) is 3.84. The molecule has 0 aromatic heterocycles. The molecule has 0 bridgehead atoms. The summed E-state index contributed by atoms with van der Waals surface area (Å²) in [5, 5.41) is 10.0. The van der Waals surface area contributed by atoms with Crippen LogP contribution in [0.5, 0.6) is 5.75 Å². The third-order valence-electron chi connectivity index (χ3n) is 1.81. The fourth-order valence-corrected chi connectivity index (χ4v) is 1.36. The molecule has 0 aliphatic carbocycles. The van der Waals surface area contributed by atoms with Crippen molar-refractivity contribution in [2.45, 2.75) is 13.3 Å². The molecule has 0 amide bonds. The number of aryl methyl sites for hydroxylation is 1. The van der Waals surface area contributed by atoms with Gasteiger partial charge >= 0.3 is 0 Å². The number of nitrogens with two attached hydrogens (primary N) is 1. The third kappa shape index (κ3) is 1.71. The van der Waals surface area contributed by atoms with Crippen molar-refractivity contribution in [1.29, 1.82) is 0 Å². The summed E-state index contributed by atoms with van der Waals surface area (Å²) < 4.78 is 0. The lowest BCUT2D eigenvalue weighted by molar-refractivity contribution is 0.468. The number of rotatable bonds is 2. The zero-order valence-corrected chi connectivity index (χ0v) is 7.73. The molecule has 0 spiro atoms. The molecule has 1 aromatic rings. The summed E-state index contributed by atoms with van der Waals surface area (Å²) >= 11 is 5.96. The zero-order chi connectivity index (χ0) is 9.14. The molecule has 0 fully saturated rings. The highest BCUT2D eigenvalue weighted by Crippen LogP contribution is 2.28. The van der Waals surface area contributed by atoms with Gasteiger partial charge in [0.15, 0.2) is 0 Å². The largest absolute Gasteiger partial charge is 0.508 e. The topological polar surface area (TPSA) is 46.2 Å². The normalized spacial score (nSPS) is 10.2. The molecule has 0 saturated carbocycles. The van der Waals surface area contributed by atoms with Crippen molar-refractivity contribution in [3.63, 3.8) is 0 Å². The minimum atomic E-state index is 0.232. The van der Waals surface area contributed by atoms with Crippen LogP contribution in [0.1, 0.15) is 11.1 Å². The Kier molecular flexibility index (Phi) is 2.95. The van der Waals surface area contributed by atoms with Gasteiger partial charge < -0.3 is 10.8 Å². The Morgan fingerprint density at radius 3 is 2.75 bits per heavy atom. The van der Waals surface area contributed by atoms with E-state index in [2.05, 4.69) is 0 Å². The van der Waals surface area contributed by atoms with Gasteiger partial charge in [-0.05, 0) is 31.5 Å². The number of aromatic hydroxyl groups is 1. The molecule has 2 nitrogen and oxygen atoms in total. The summed E-state index contributed by atoms with van der Waals surface area (Å²) in [5.74, 6) is 0.232. The highest BCUT2D eigenvalue weighted by atomic mass is 35.5. The predicted molar refractivity (Wildman–Crippen MR) is 50.6 cm³/mol. The Morgan fingerprint density at radius 2 is 2.17 bits per heavy atom. The maximum atomic E-state index is 9.41. The number of phenolic OH excluding ortho intramolecular Hbond substituents is 1. The lowest BCUT2D eigenvalue weighted by Crippen LogP contribution is -2.03. The molecule has 0 aliphatic rings. The predicted octanol–water partition coefficient (Wildman–Crippen LogP) is 1.86. The van der Waals surface area contributed by atoms with Gasteiger partial charge in [-0.15, -0.1) is 0 Å². The summed E-state index contributed by atoms with van der Waals surface area (Å²) in [4.78, 5) is 0. The van der Waals surface area contributed by atoms with Gasteiger partial charge in [0.2, 0.25) is 0 Å². The van der Waals surface area contributed by atoms with Crippen LogP contribution in [0.3, 0.4) is 0 Å². The second-order valence-corrected chi connectivity index (χ2v) is 3.11. The Bertz CT molecular complexity index is 286. The van der Waals surface area contributed by atoms with E-state index in [1.807, 2.05) is 6.92 Å². The molecule has 66 valence electrons. The monoisotopic (exact) mass is 185 g/mol. The van der Waals surface area contributed by atoms with Crippen LogP contribution in [0.25, 0.3) is 0 Å². The van der Waals surface area contributed by atoms with Crippen molar-refractivity contribution < 1.29 is 5.11 Å². The summed E-state index contributed by atoms with van der Waals surface area (Å²) in [6, 6.07) is 3.43. The highest BCUT2D eigenvalue weighted by molar-refractivity contribution is 6.32. The van der Waals surface area contributed by atoms with E-state index < -0.39 is 0 Å². The van der Waals surface area contributed by atoms with E-state index in [9.17, 15) is 5.11 Å². The maximum absolute atomic E-state index is 9.41. The summed E-state index contributed by atoms with van der Waals surface area (Å²) in [6.45, 7) is 2.40. The molecule has 1 rings (SSSR count). The average molecular weight is 186 g/mol. The minimum Gasteiger partial charge on any atom is -0.508 e. The van der Waals surface area contributed by atoms with E-state index in [0.29, 0.717) is 18.0 Å². The van der Waals surface area contributed by atoms with E-state index in [-0.39, 0.29) is 5.75 Å². The third-order valence-corrected chi connectivity index (χ3v) is 2.33. The molecule has 0 saturated heterocycles. The molecular formula is C9H12ClNO. The van der Waals surface area contributed by atoms with Crippen molar-refractivity contribution in [2.24, 2.45) is 5.73 Å². The van der Waals surface area contributed by atoms with Crippen LogP contribution < -0.4 is 5.73 Å². The zero-order valence-electron chi connectivity index (χ0n) is 6.97. The lowest BCUT2D eigenvalue weighted by atomic mass is 10.1. The van der Waals surface area contributed by atoms with E-state index in [4.69, 9.17) is 17.3 Å². The smallest absolute Gasteiger partial charge is 0.120 e. The van der Waals surface area contributed by atoms with Crippen LogP contribution in [0.2, 0.25) is 5.02 Å². The molecule has 0 unspecified atom stereocenters. The van der Waals surface area contributed by atoms with Crippen LogP contribution >= 0.6 is 11.6 Å². The second-order valence-electron chi connectivity index (χ2n) is 2.73. The SMILES string of the molecule is Cc1ccc(O)c(CCN)c1Cl. The fourth-order valence-electron chi connectivity index (χ4n) is 1.11.